The summed E-state index contributed by atoms with van der Waals surface area (Å²) in [6, 6.07) is 12.8. The maximum absolute atomic E-state index is 13.2. The molecular formula is C24H24N4O3. The van der Waals surface area contributed by atoms with E-state index in [0.29, 0.717) is 29.9 Å². The highest BCUT2D eigenvalue weighted by Crippen LogP contribution is 2.35. The van der Waals surface area contributed by atoms with Crippen LogP contribution in [0.3, 0.4) is 0 Å². The zero-order valence-corrected chi connectivity index (χ0v) is 17.2. The van der Waals surface area contributed by atoms with Gasteiger partial charge in [-0.3, -0.25) is 9.59 Å². The Kier molecular flexibility index (Phi) is 5.58. The molecule has 1 aromatic heterocycles. The first-order valence-corrected chi connectivity index (χ1v) is 10.2. The van der Waals surface area contributed by atoms with E-state index in [0.717, 1.165) is 34.5 Å². The van der Waals surface area contributed by atoms with Crippen LogP contribution in [0, 0.1) is 6.92 Å². The third kappa shape index (κ3) is 4.50. The lowest BCUT2D eigenvalue weighted by atomic mass is 9.99. The van der Waals surface area contributed by atoms with E-state index in [4.69, 9.17) is 5.73 Å². The van der Waals surface area contributed by atoms with E-state index in [-0.39, 0.29) is 23.9 Å². The van der Waals surface area contributed by atoms with E-state index in [2.05, 4.69) is 15.6 Å². The van der Waals surface area contributed by atoms with Crippen molar-refractivity contribution in [2.75, 3.05) is 10.6 Å². The predicted octanol–water partition coefficient (Wildman–Crippen LogP) is 4.13. The molecule has 31 heavy (non-hydrogen) atoms. The number of aromatic nitrogens is 1. The number of benzene rings is 2. The fourth-order valence-electron chi connectivity index (χ4n) is 3.76. The molecule has 7 heteroatoms. The number of pyridine rings is 1. The number of anilines is 4. The summed E-state index contributed by atoms with van der Waals surface area (Å²) in [5.74, 6) is 0.279. The van der Waals surface area contributed by atoms with Gasteiger partial charge in [-0.25, -0.2) is 4.98 Å². The van der Waals surface area contributed by atoms with Gasteiger partial charge in [0.25, 0.3) is 0 Å². The van der Waals surface area contributed by atoms with Gasteiger partial charge in [-0.15, -0.1) is 0 Å². The summed E-state index contributed by atoms with van der Waals surface area (Å²) in [7, 11) is 0. The van der Waals surface area contributed by atoms with Crippen LogP contribution in [0.2, 0.25) is 0 Å². The number of amides is 1. The third-order valence-corrected chi connectivity index (χ3v) is 5.38. The Morgan fingerprint density at radius 2 is 2.03 bits per heavy atom. The lowest BCUT2D eigenvalue weighted by Gasteiger charge is -2.15. The maximum Gasteiger partial charge on any atom is 0.217 e. The maximum atomic E-state index is 13.2. The number of phenolic OH excluding ortho intramolecular Hbond substituents is 1. The van der Waals surface area contributed by atoms with Crippen LogP contribution in [0.15, 0.2) is 48.7 Å². The molecule has 0 saturated carbocycles. The largest absolute Gasteiger partial charge is 0.508 e. The van der Waals surface area contributed by atoms with E-state index >= 15 is 0 Å². The number of Topliss-reactive ketones (excluding diaryl/α,β-unsaturated/α-hetero) is 1. The van der Waals surface area contributed by atoms with Crippen molar-refractivity contribution in [1.82, 2.24) is 4.98 Å². The van der Waals surface area contributed by atoms with Gasteiger partial charge in [-0.1, -0.05) is 18.2 Å². The number of hydrogen-bond donors (Lipinski definition) is 4. The average molecular weight is 416 g/mol. The van der Waals surface area contributed by atoms with E-state index in [1.54, 1.807) is 24.4 Å². The fraction of sp³-hybridized carbons (Fsp3) is 0.208. The molecule has 2 aromatic carbocycles. The van der Waals surface area contributed by atoms with E-state index in [9.17, 15) is 14.7 Å². The minimum atomic E-state index is -0.310. The summed E-state index contributed by atoms with van der Waals surface area (Å²) >= 11 is 0. The molecule has 0 saturated heterocycles. The molecule has 0 spiro atoms. The Balaban J connectivity index is 1.63. The molecule has 4 rings (SSSR count). The van der Waals surface area contributed by atoms with Gasteiger partial charge >= 0.3 is 0 Å². The number of aryl methyl sites for hydroxylation is 2. The first kappa shape index (κ1) is 20.4. The lowest BCUT2D eigenvalue weighted by Crippen LogP contribution is -2.10. The molecule has 0 fully saturated rings. The van der Waals surface area contributed by atoms with Crippen LogP contribution in [-0.4, -0.2) is 21.8 Å². The molecule has 0 bridgehead atoms. The van der Waals surface area contributed by atoms with Crippen molar-refractivity contribution in [2.24, 2.45) is 5.73 Å². The first-order valence-electron chi connectivity index (χ1n) is 10.2. The monoisotopic (exact) mass is 416 g/mol. The minimum absolute atomic E-state index is 0.0519. The molecule has 1 aliphatic rings. The van der Waals surface area contributed by atoms with Gasteiger partial charge in [0.2, 0.25) is 5.91 Å². The number of fused-ring (bicyclic) bond motifs is 2. The Labute approximate surface area is 180 Å². The van der Waals surface area contributed by atoms with Gasteiger partial charge in [0.15, 0.2) is 5.78 Å². The van der Waals surface area contributed by atoms with Crippen LogP contribution >= 0.6 is 0 Å². The Morgan fingerprint density at radius 1 is 1.19 bits per heavy atom. The number of ketones is 1. The summed E-state index contributed by atoms with van der Waals surface area (Å²) in [4.78, 5) is 28.6. The molecule has 158 valence electrons. The fourth-order valence-corrected chi connectivity index (χ4v) is 3.76. The second kappa shape index (κ2) is 8.47. The lowest BCUT2D eigenvalue weighted by molar-refractivity contribution is -0.118. The predicted molar refractivity (Wildman–Crippen MR) is 120 cm³/mol. The number of primary amides is 1. The standard InChI is InChI=1S/C24H24N4O3/c1-14-5-7-17(29)13-20(14)27-19-9-10-26-24-23(19)21(30)12-16-11-15(3-2-4-22(25)31)6-8-18(16)28-24/h5-11,13,29H,2-4,12H2,1H3,(H2,25,31)(H2,26,27,28). The molecule has 0 radical (unpaired) electrons. The number of nitrogens with zero attached hydrogens (tertiary/aromatic N) is 1. The topological polar surface area (TPSA) is 117 Å². The van der Waals surface area contributed by atoms with Crippen LogP contribution in [0.4, 0.5) is 22.9 Å². The van der Waals surface area contributed by atoms with Crippen LogP contribution in [0.25, 0.3) is 0 Å². The van der Waals surface area contributed by atoms with Crippen molar-refractivity contribution in [3.05, 3.63) is 70.9 Å². The molecule has 2 heterocycles. The molecule has 0 aliphatic carbocycles. The summed E-state index contributed by atoms with van der Waals surface area (Å²) < 4.78 is 0. The Hall–Kier alpha value is -3.87. The summed E-state index contributed by atoms with van der Waals surface area (Å²) in [5, 5.41) is 16.4. The third-order valence-electron chi connectivity index (χ3n) is 5.38. The van der Waals surface area contributed by atoms with Crippen LogP contribution in [-0.2, 0) is 17.6 Å². The summed E-state index contributed by atoms with van der Waals surface area (Å²) in [6.45, 7) is 1.93. The number of carbonyl (C=O) groups excluding carboxylic acids is 2. The molecule has 0 atom stereocenters. The highest BCUT2D eigenvalue weighted by Gasteiger charge is 2.24. The van der Waals surface area contributed by atoms with Crippen molar-refractivity contribution in [3.8, 4) is 5.75 Å². The quantitative estimate of drug-likeness (QED) is 0.480. The van der Waals surface area contributed by atoms with E-state index in [1.165, 1.54) is 0 Å². The number of nitrogens with one attached hydrogen (secondary N) is 2. The molecule has 0 unspecified atom stereocenters. The molecule has 5 N–H and O–H groups in total. The van der Waals surface area contributed by atoms with Gasteiger partial charge in [-0.05, 0) is 54.7 Å². The van der Waals surface area contributed by atoms with Crippen LogP contribution in [0.5, 0.6) is 5.75 Å². The number of rotatable bonds is 6. The molecule has 7 nitrogen and oxygen atoms in total. The normalized spacial score (nSPS) is 12.4. The summed E-state index contributed by atoms with van der Waals surface area (Å²) in [5.41, 5.74) is 10.8. The number of phenols is 1. The summed E-state index contributed by atoms with van der Waals surface area (Å²) in [6.07, 6.45) is 3.61. The highest BCUT2D eigenvalue weighted by atomic mass is 16.3. The van der Waals surface area contributed by atoms with Crippen molar-refractivity contribution in [3.63, 3.8) is 0 Å². The molecule has 1 amide bonds. The van der Waals surface area contributed by atoms with Gasteiger partial charge in [0.1, 0.15) is 11.6 Å². The molecular weight excluding hydrogens is 392 g/mol. The molecule has 3 aromatic rings. The Morgan fingerprint density at radius 3 is 2.84 bits per heavy atom. The van der Waals surface area contributed by atoms with Crippen molar-refractivity contribution in [2.45, 2.75) is 32.6 Å². The number of nitrogens with two attached hydrogens (primary N) is 1. The minimum Gasteiger partial charge on any atom is -0.508 e. The van der Waals surface area contributed by atoms with Crippen molar-refractivity contribution >= 4 is 34.6 Å². The van der Waals surface area contributed by atoms with Gasteiger partial charge in [0, 0.05) is 36.5 Å². The van der Waals surface area contributed by atoms with Crippen molar-refractivity contribution < 1.29 is 14.7 Å². The SMILES string of the molecule is Cc1ccc(O)cc1Nc1ccnc2c1C(=O)Cc1cc(CCCC(N)=O)ccc1N2. The van der Waals surface area contributed by atoms with Gasteiger partial charge in [-0.2, -0.15) is 0 Å². The van der Waals surface area contributed by atoms with Gasteiger partial charge in [0.05, 0.1) is 11.3 Å². The zero-order valence-electron chi connectivity index (χ0n) is 17.2. The van der Waals surface area contributed by atoms with E-state index in [1.807, 2.05) is 31.2 Å². The van der Waals surface area contributed by atoms with Crippen LogP contribution < -0.4 is 16.4 Å². The van der Waals surface area contributed by atoms with E-state index < -0.39 is 0 Å². The zero-order chi connectivity index (χ0) is 22.0. The first-order chi connectivity index (χ1) is 14.9. The average Bonchev–Trinajstić information content (AvgIpc) is 2.86. The smallest absolute Gasteiger partial charge is 0.217 e. The second-order valence-electron chi connectivity index (χ2n) is 7.74. The number of aromatic hydroxyl groups is 1. The van der Waals surface area contributed by atoms with Crippen LogP contribution in [0.1, 0.15) is 39.9 Å². The van der Waals surface area contributed by atoms with Crippen molar-refractivity contribution in [1.29, 1.82) is 0 Å². The number of carbonyl (C=O) groups is 2. The second-order valence-corrected chi connectivity index (χ2v) is 7.74. The number of hydrogen-bond acceptors (Lipinski definition) is 6. The Bertz CT molecular complexity index is 1170. The molecule has 1 aliphatic heterocycles. The highest BCUT2D eigenvalue weighted by molar-refractivity contribution is 6.09. The van der Waals surface area contributed by atoms with Gasteiger partial charge < -0.3 is 21.5 Å².